The van der Waals surface area contributed by atoms with Crippen LogP contribution in [0, 0.1) is 17.6 Å². The predicted octanol–water partition coefficient (Wildman–Crippen LogP) is 6.56. The largest absolute Gasteiger partial charge is 0.435 e. The molecular weight excluding hydrogens is 772 g/mol. The number of anilines is 1. The van der Waals surface area contributed by atoms with Crippen molar-refractivity contribution in [3.8, 4) is 11.1 Å². The van der Waals surface area contributed by atoms with Crippen LogP contribution in [0.5, 0.6) is 0 Å². The highest BCUT2D eigenvalue weighted by Gasteiger charge is 2.68. The molecule has 3 aliphatic rings. The SMILES string of the molecule is Cn1nc(NS(C)(=O)=O)c2cccc(-c3cc4[nH]c(C5CC5)nc4nc3[C@H](Cc3cc(F)cc(F)c3)NC(=O)Cn3nc(C(F)(F)F)c4c3C(F)(F)[C@@H]3C[C@H]43)c21. The van der Waals surface area contributed by atoms with E-state index in [1.54, 1.807) is 31.3 Å². The summed E-state index contributed by atoms with van der Waals surface area (Å²) in [5, 5.41) is 10.9. The summed E-state index contributed by atoms with van der Waals surface area (Å²) in [5.74, 6) is -8.03. The molecule has 0 bridgehead atoms. The highest BCUT2D eigenvalue weighted by Crippen LogP contribution is 2.68. The number of fused-ring (bicyclic) bond motifs is 5. The first-order valence-electron chi connectivity index (χ1n) is 17.5. The third-order valence-corrected chi connectivity index (χ3v) is 11.0. The third kappa shape index (κ3) is 6.22. The van der Waals surface area contributed by atoms with E-state index < -0.39 is 81.0 Å². The molecule has 56 heavy (non-hydrogen) atoms. The van der Waals surface area contributed by atoms with Crippen LogP contribution in [0.3, 0.4) is 0 Å². The fourth-order valence-corrected chi connectivity index (χ4v) is 8.46. The fraction of sp³-hybridized carbons (Fsp3) is 0.361. The number of nitrogens with one attached hydrogen (secondary N) is 3. The standard InChI is InChI=1S/C36H30F7N9O3S/c1-51-29-19(4-3-5-20(29)33(49-51)50-56(2,54)55)21-13-25-34(47-32(45-25)16-6-7-16)46-28(21)24(10-15-8-17(37)11-18(38)9-15)44-26(53)14-52-31-27(30(48-52)36(41,42)43)22-12-23(22)35(31,39)40/h3-5,8-9,11,13,16,22-24H,6-7,10,12,14H2,1-2H3,(H,44,53)(H,49,50)(H,45,46,47)/t22-,23+,24-/m0/s1. The number of alkyl halides is 5. The normalized spacial score (nSPS) is 19.3. The molecule has 20 heteroatoms. The Kier molecular flexibility index (Phi) is 7.89. The molecule has 4 aromatic heterocycles. The van der Waals surface area contributed by atoms with E-state index >= 15 is 8.78 Å². The zero-order chi connectivity index (χ0) is 39.6. The van der Waals surface area contributed by atoms with Crippen molar-refractivity contribution in [3.63, 3.8) is 0 Å². The van der Waals surface area contributed by atoms with Crippen LogP contribution in [0.25, 0.3) is 33.2 Å². The van der Waals surface area contributed by atoms with Crippen molar-refractivity contribution in [3.05, 3.63) is 88.1 Å². The van der Waals surface area contributed by atoms with Crippen molar-refractivity contribution in [2.45, 2.75) is 62.2 Å². The smallest absolute Gasteiger partial charge is 0.346 e. The van der Waals surface area contributed by atoms with E-state index in [1.807, 2.05) is 0 Å². The summed E-state index contributed by atoms with van der Waals surface area (Å²) in [7, 11) is -2.18. The molecule has 2 fully saturated rings. The van der Waals surface area contributed by atoms with Crippen LogP contribution in [0.1, 0.15) is 71.2 Å². The molecule has 9 rings (SSSR count). The van der Waals surface area contributed by atoms with Crippen LogP contribution in [-0.2, 0) is 46.9 Å². The number of aromatic nitrogens is 7. The molecule has 12 nitrogen and oxygen atoms in total. The zero-order valence-electron chi connectivity index (χ0n) is 29.3. The highest BCUT2D eigenvalue weighted by molar-refractivity contribution is 7.92. The lowest BCUT2D eigenvalue weighted by molar-refractivity contribution is -0.142. The molecule has 0 unspecified atom stereocenters. The number of benzene rings is 2. The van der Waals surface area contributed by atoms with Crippen molar-refractivity contribution in [1.29, 1.82) is 0 Å². The monoisotopic (exact) mass is 801 g/mol. The van der Waals surface area contributed by atoms with E-state index in [0.29, 0.717) is 44.1 Å². The van der Waals surface area contributed by atoms with Gasteiger partial charge in [0.25, 0.3) is 5.92 Å². The maximum Gasteiger partial charge on any atom is 0.435 e. The number of para-hydroxylation sites is 1. The van der Waals surface area contributed by atoms with Crippen LogP contribution < -0.4 is 10.0 Å². The first-order chi connectivity index (χ1) is 26.4. The van der Waals surface area contributed by atoms with Crippen molar-refractivity contribution < 1.29 is 43.9 Å². The Morgan fingerprint density at radius 1 is 1.05 bits per heavy atom. The molecule has 3 N–H and O–H groups in total. The molecule has 6 aromatic rings. The van der Waals surface area contributed by atoms with E-state index in [0.717, 1.165) is 31.2 Å². The summed E-state index contributed by atoms with van der Waals surface area (Å²) in [6, 6.07) is 8.11. The number of H-pyrrole nitrogens is 1. The lowest BCUT2D eigenvalue weighted by Crippen LogP contribution is -2.35. The number of rotatable bonds is 10. The quantitative estimate of drug-likeness (QED) is 0.133. The Bertz CT molecular complexity index is 2720. The van der Waals surface area contributed by atoms with E-state index in [4.69, 9.17) is 4.98 Å². The molecule has 2 aromatic carbocycles. The summed E-state index contributed by atoms with van der Waals surface area (Å²) in [6.45, 7) is -1.04. The number of pyridine rings is 1. The van der Waals surface area contributed by atoms with Gasteiger partial charge in [-0.1, -0.05) is 12.1 Å². The number of carbonyl (C=O) groups is 1. The highest BCUT2D eigenvalue weighted by atomic mass is 32.2. The van der Waals surface area contributed by atoms with Gasteiger partial charge < -0.3 is 10.3 Å². The number of hydrogen-bond acceptors (Lipinski definition) is 7. The van der Waals surface area contributed by atoms with E-state index in [2.05, 4.69) is 30.2 Å². The molecule has 1 amide bonds. The van der Waals surface area contributed by atoms with Crippen molar-refractivity contribution in [2.75, 3.05) is 11.0 Å². The van der Waals surface area contributed by atoms with Crippen LogP contribution >= 0.6 is 0 Å². The molecule has 292 valence electrons. The van der Waals surface area contributed by atoms with Crippen LogP contribution in [0.4, 0.5) is 36.6 Å². The number of aryl methyl sites for hydroxylation is 1. The number of amides is 1. The maximum absolute atomic E-state index is 15.4. The van der Waals surface area contributed by atoms with Crippen molar-refractivity contribution in [1.82, 2.24) is 39.8 Å². The van der Waals surface area contributed by atoms with Gasteiger partial charge in [0.15, 0.2) is 17.2 Å². The molecule has 2 saturated carbocycles. The average Bonchev–Trinajstić information content (AvgIpc) is 3.98. The van der Waals surface area contributed by atoms with Crippen molar-refractivity contribution in [2.24, 2.45) is 13.0 Å². The van der Waals surface area contributed by atoms with Gasteiger partial charge in [0, 0.05) is 47.0 Å². The summed E-state index contributed by atoms with van der Waals surface area (Å²) >= 11 is 0. The number of sulfonamides is 1. The lowest BCUT2D eigenvalue weighted by Gasteiger charge is -2.23. The Balaban J connectivity index is 1.19. The number of carbonyl (C=O) groups excluding carboxylic acids is 1. The van der Waals surface area contributed by atoms with Gasteiger partial charge in [-0.25, -0.2) is 27.2 Å². The van der Waals surface area contributed by atoms with E-state index in [9.17, 15) is 35.2 Å². The summed E-state index contributed by atoms with van der Waals surface area (Å²) in [6.07, 6.45) is -2.75. The van der Waals surface area contributed by atoms with Gasteiger partial charge in [-0.3, -0.25) is 18.9 Å². The second-order valence-electron chi connectivity index (χ2n) is 14.7. The number of aromatic amines is 1. The lowest BCUT2D eigenvalue weighted by atomic mass is 9.94. The first-order valence-corrected chi connectivity index (χ1v) is 19.4. The molecule has 0 spiro atoms. The van der Waals surface area contributed by atoms with Crippen LogP contribution in [-0.4, -0.2) is 55.1 Å². The number of nitrogens with zero attached hydrogens (tertiary/aromatic N) is 6. The van der Waals surface area contributed by atoms with Crippen molar-refractivity contribution >= 4 is 43.8 Å². The molecule has 3 aliphatic carbocycles. The summed E-state index contributed by atoms with van der Waals surface area (Å²) < 4.78 is 131. The van der Waals surface area contributed by atoms with Gasteiger partial charge in [0.2, 0.25) is 15.9 Å². The Hall–Kier alpha value is -5.53. The Labute approximate surface area is 312 Å². The van der Waals surface area contributed by atoms with Gasteiger partial charge >= 0.3 is 6.18 Å². The second kappa shape index (κ2) is 12.2. The predicted molar refractivity (Wildman–Crippen MR) is 187 cm³/mol. The molecule has 0 aliphatic heterocycles. The summed E-state index contributed by atoms with van der Waals surface area (Å²) in [4.78, 5) is 26.7. The topological polar surface area (TPSA) is 152 Å². The minimum atomic E-state index is -5.05. The van der Waals surface area contributed by atoms with Gasteiger partial charge in [0.05, 0.1) is 29.0 Å². The Morgan fingerprint density at radius 3 is 2.46 bits per heavy atom. The number of hydrogen-bond donors (Lipinski definition) is 3. The van der Waals surface area contributed by atoms with Gasteiger partial charge in [-0.05, 0) is 61.4 Å². The Morgan fingerprint density at radius 2 is 1.79 bits per heavy atom. The molecular formula is C36H30F7N9O3S. The van der Waals surface area contributed by atoms with Gasteiger partial charge in [0.1, 0.15) is 29.7 Å². The fourth-order valence-electron chi connectivity index (χ4n) is 7.96. The molecule has 0 saturated heterocycles. The van der Waals surface area contributed by atoms with Gasteiger partial charge in [-0.2, -0.15) is 32.1 Å². The van der Waals surface area contributed by atoms with Crippen LogP contribution in [0.2, 0.25) is 0 Å². The van der Waals surface area contributed by atoms with E-state index in [1.165, 1.54) is 4.68 Å². The number of halogens is 7. The number of imidazole rings is 1. The minimum Gasteiger partial charge on any atom is -0.346 e. The molecule has 4 heterocycles. The second-order valence-corrected chi connectivity index (χ2v) is 16.4. The zero-order valence-corrected chi connectivity index (χ0v) is 30.2. The van der Waals surface area contributed by atoms with E-state index in [-0.39, 0.29) is 41.5 Å². The third-order valence-electron chi connectivity index (χ3n) is 10.4. The summed E-state index contributed by atoms with van der Waals surface area (Å²) in [5.41, 5.74) is -0.946. The average molecular weight is 802 g/mol. The van der Waals surface area contributed by atoms with Crippen LogP contribution in [0.15, 0.2) is 42.5 Å². The molecule has 3 atom stereocenters. The molecule has 0 radical (unpaired) electrons. The minimum absolute atomic E-state index is 0.0273. The first kappa shape index (κ1) is 36.1. The maximum atomic E-state index is 15.4. The van der Waals surface area contributed by atoms with Gasteiger partial charge in [-0.15, -0.1) is 0 Å².